The van der Waals surface area contributed by atoms with Gasteiger partial charge in [-0.3, -0.25) is 24.5 Å². The molecule has 0 aliphatic rings. The molecule has 4 aromatic rings. The molecule has 0 aliphatic heterocycles. The van der Waals surface area contributed by atoms with Gasteiger partial charge in [-0.2, -0.15) is 0 Å². The van der Waals surface area contributed by atoms with Crippen LogP contribution in [-0.4, -0.2) is 35.0 Å². The Hall–Kier alpha value is -4.96. The lowest BCUT2D eigenvalue weighted by Gasteiger charge is -2.09. The quantitative estimate of drug-likeness (QED) is 0.0952. The number of nitro groups is 1. The first-order valence-corrected chi connectivity index (χ1v) is 12.3. The average molecular weight is 529 g/mol. The first-order chi connectivity index (χ1) is 18.3. The number of esters is 1. The molecule has 0 saturated heterocycles. The minimum Gasteiger partial charge on any atom is -0.462 e. The van der Waals surface area contributed by atoms with Gasteiger partial charge in [0.15, 0.2) is 0 Å². The summed E-state index contributed by atoms with van der Waals surface area (Å²) in [5, 5.41) is 15.7. The number of hydrogen-bond acceptors (Lipinski definition) is 8. The second-order valence-electron chi connectivity index (χ2n) is 7.94. The molecule has 1 aromatic heterocycles. The molecule has 0 unspecified atom stereocenters. The Morgan fingerprint density at radius 1 is 0.868 bits per heavy atom. The summed E-state index contributed by atoms with van der Waals surface area (Å²) in [6, 6.07) is 19.5. The van der Waals surface area contributed by atoms with Crippen molar-refractivity contribution in [3.05, 3.63) is 117 Å². The molecule has 0 aliphatic carbocycles. The first kappa shape index (κ1) is 26.1. The number of Topliss-reactive ketones (excluding diaryl/α,β-unsaturated/α-hetero) is 2. The zero-order chi connectivity index (χ0) is 27.2. The third-order valence-electron chi connectivity index (χ3n) is 5.52. The number of ether oxygens (including phenoxy) is 1. The van der Waals surface area contributed by atoms with E-state index in [2.05, 4.69) is 5.32 Å². The smallest absolute Gasteiger partial charge is 0.341 e. The van der Waals surface area contributed by atoms with E-state index in [0.29, 0.717) is 11.1 Å². The van der Waals surface area contributed by atoms with Gasteiger partial charge in [-0.05, 0) is 24.6 Å². The maximum absolute atomic E-state index is 13.0. The van der Waals surface area contributed by atoms with Gasteiger partial charge in [0.1, 0.15) is 10.6 Å². The molecule has 4 rings (SSSR count). The van der Waals surface area contributed by atoms with Gasteiger partial charge in [0, 0.05) is 39.8 Å². The number of nitrogens with one attached hydrogen (secondary N) is 1. The van der Waals surface area contributed by atoms with Crippen LogP contribution in [0, 0.1) is 10.1 Å². The van der Waals surface area contributed by atoms with Crippen LogP contribution in [0.1, 0.15) is 48.4 Å². The van der Waals surface area contributed by atoms with E-state index in [0.717, 1.165) is 11.3 Å². The number of hydrogen-bond donors (Lipinski definition) is 1. The molecule has 38 heavy (non-hydrogen) atoms. The summed E-state index contributed by atoms with van der Waals surface area (Å²) in [4.78, 5) is 61.4. The van der Waals surface area contributed by atoms with Crippen molar-refractivity contribution < 1.29 is 28.8 Å². The van der Waals surface area contributed by atoms with E-state index in [1.54, 1.807) is 48.7 Å². The van der Waals surface area contributed by atoms with E-state index in [4.69, 9.17) is 4.74 Å². The van der Waals surface area contributed by atoms with E-state index in [1.807, 2.05) is 0 Å². The Balaban J connectivity index is 1.58. The van der Waals surface area contributed by atoms with E-state index >= 15 is 0 Å². The summed E-state index contributed by atoms with van der Waals surface area (Å²) in [5.41, 5.74) is 1.32. The molecule has 3 aromatic carbocycles. The monoisotopic (exact) mass is 528 g/mol. The van der Waals surface area contributed by atoms with Crippen molar-refractivity contribution in [2.45, 2.75) is 6.92 Å². The van der Waals surface area contributed by atoms with Gasteiger partial charge < -0.3 is 10.1 Å². The fourth-order valence-electron chi connectivity index (χ4n) is 3.66. The lowest BCUT2D eigenvalue weighted by Crippen LogP contribution is -2.16. The van der Waals surface area contributed by atoms with Crippen LogP contribution in [-0.2, 0) is 4.74 Å². The van der Waals surface area contributed by atoms with Gasteiger partial charge >= 0.3 is 5.97 Å². The number of carbonyl (C=O) groups is 4. The number of thiophene rings is 1. The van der Waals surface area contributed by atoms with Crippen LogP contribution in [0.25, 0.3) is 11.1 Å². The van der Waals surface area contributed by atoms with Gasteiger partial charge in [0.05, 0.1) is 11.5 Å². The molecule has 1 amide bonds. The number of benzene rings is 3. The van der Waals surface area contributed by atoms with Crippen molar-refractivity contribution in [2.24, 2.45) is 0 Å². The summed E-state index contributed by atoms with van der Waals surface area (Å²) in [6.45, 7) is 1.73. The molecule has 0 saturated carbocycles. The van der Waals surface area contributed by atoms with Gasteiger partial charge in [-0.25, -0.2) is 4.79 Å². The highest BCUT2D eigenvalue weighted by atomic mass is 32.1. The molecule has 0 radical (unpaired) electrons. The Morgan fingerprint density at radius 3 is 2.13 bits per heavy atom. The normalized spacial score (nSPS) is 10.4. The van der Waals surface area contributed by atoms with E-state index in [9.17, 15) is 29.3 Å². The number of carbonyl (C=O) groups excluding carboxylic acids is 4. The van der Waals surface area contributed by atoms with Gasteiger partial charge in [0.2, 0.25) is 11.6 Å². The highest BCUT2D eigenvalue weighted by Gasteiger charge is 2.24. The average Bonchev–Trinajstić information content (AvgIpc) is 3.36. The summed E-state index contributed by atoms with van der Waals surface area (Å²) < 4.78 is 5.17. The van der Waals surface area contributed by atoms with E-state index < -0.39 is 28.4 Å². The molecule has 0 atom stereocenters. The highest BCUT2D eigenvalue weighted by Crippen LogP contribution is 2.37. The second kappa shape index (κ2) is 11.4. The molecule has 10 heteroatoms. The number of non-ortho nitro benzene ring substituents is 1. The maximum atomic E-state index is 13.0. The maximum Gasteiger partial charge on any atom is 0.341 e. The van der Waals surface area contributed by atoms with E-state index in [1.165, 1.54) is 42.5 Å². The number of rotatable bonds is 9. The fraction of sp³-hybridized carbons (Fsp3) is 0.0714. The van der Waals surface area contributed by atoms with Crippen molar-refractivity contribution in [1.82, 2.24) is 0 Å². The van der Waals surface area contributed by atoms with Crippen LogP contribution in [0.2, 0.25) is 0 Å². The molecule has 190 valence electrons. The Bertz CT molecular complexity index is 1540. The zero-order valence-corrected chi connectivity index (χ0v) is 20.8. The predicted molar refractivity (Wildman–Crippen MR) is 142 cm³/mol. The number of ketones is 2. The van der Waals surface area contributed by atoms with E-state index in [-0.39, 0.29) is 39.5 Å². The summed E-state index contributed by atoms with van der Waals surface area (Å²) >= 11 is 1.07. The Kier molecular flexibility index (Phi) is 7.83. The van der Waals surface area contributed by atoms with Crippen LogP contribution in [0.15, 0.2) is 84.2 Å². The predicted octanol–water partition coefficient (Wildman–Crippen LogP) is 5.82. The molecule has 0 spiro atoms. The Labute approximate surface area is 220 Å². The summed E-state index contributed by atoms with van der Waals surface area (Å²) in [6.07, 6.45) is 0. The second-order valence-corrected chi connectivity index (χ2v) is 8.82. The van der Waals surface area contributed by atoms with Gasteiger partial charge in [-0.15, -0.1) is 11.3 Å². The molecular formula is C28H20N2O7S. The number of nitro benzene ring substituents is 1. The van der Waals surface area contributed by atoms with Crippen LogP contribution < -0.4 is 5.32 Å². The van der Waals surface area contributed by atoms with Crippen molar-refractivity contribution in [3.63, 3.8) is 0 Å². The van der Waals surface area contributed by atoms with Crippen LogP contribution in [0.4, 0.5) is 10.7 Å². The van der Waals surface area contributed by atoms with Gasteiger partial charge in [0.25, 0.3) is 11.6 Å². The number of anilines is 1. The molecule has 9 nitrogen and oxygen atoms in total. The largest absolute Gasteiger partial charge is 0.462 e. The standard InChI is InChI=1S/C28H20N2O7S/c1-2-37-28(34)23-22(20-9-6-10-21(15-20)30(35)36)16-38-27(23)29-26(33)19-13-11-18(12-14-19)25(32)24(31)17-7-4-3-5-8-17/h3-16H,2H2,1H3,(H,29,33). The van der Waals surface area contributed by atoms with Crippen LogP contribution in [0.5, 0.6) is 0 Å². The van der Waals surface area contributed by atoms with Crippen molar-refractivity contribution in [1.29, 1.82) is 0 Å². The van der Waals surface area contributed by atoms with Gasteiger partial charge in [-0.1, -0.05) is 54.6 Å². The highest BCUT2D eigenvalue weighted by molar-refractivity contribution is 7.15. The van der Waals surface area contributed by atoms with Crippen molar-refractivity contribution in [2.75, 3.05) is 11.9 Å². The topological polar surface area (TPSA) is 133 Å². The van der Waals surface area contributed by atoms with Crippen molar-refractivity contribution in [3.8, 4) is 11.1 Å². The summed E-state index contributed by atoms with van der Waals surface area (Å²) in [5.74, 6) is -2.61. The molecule has 1 N–H and O–H groups in total. The fourth-order valence-corrected chi connectivity index (χ4v) is 4.61. The minimum absolute atomic E-state index is 0.0750. The number of nitrogens with zero attached hydrogens (tertiary/aromatic N) is 1. The lowest BCUT2D eigenvalue weighted by atomic mass is 10.0. The summed E-state index contributed by atoms with van der Waals surface area (Å²) in [7, 11) is 0. The third-order valence-corrected chi connectivity index (χ3v) is 6.41. The third kappa shape index (κ3) is 5.55. The van der Waals surface area contributed by atoms with Crippen LogP contribution in [0.3, 0.4) is 0 Å². The molecular weight excluding hydrogens is 508 g/mol. The SMILES string of the molecule is CCOC(=O)c1c(-c2cccc([N+](=O)[O-])c2)csc1NC(=O)c1ccc(C(=O)C(=O)c2ccccc2)cc1. The molecule has 1 heterocycles. The Morgan fingerprint density at radius 2 is 1.50 bits per heavy atom. The minimum atomic E-state index is -0.701. The first-order valence-electron chi connectivity index (χ1n) is 11.4. The lowest BCUT2D eigenvalue weighted by molar-refractivity contribution is -0.384. The molecule has 0 fully saturated rings. The molecule has 0 bridgehead atoms. The van der Waals surface area contributed by atoms with Crippen molar-refractivity contribution >= 4 is 45.5 Å². The number of amides is 1. The zero-order valence-electron chi connectivity index (χ0n) is 20.0. The van der Waals surface area contributed by atoms with Crippen LogP contribution >= 0.6 is 11.3 Å².